The fourth-order valence-corrected chi connectivity index (χ4v) is 1.39. The lowest BCUT2D eigenvalue weighted by atomic mass is 10.1. The van der Waals surface area contributed by atoms with Crippen LogP contribution in [0.1, 0.15) is 11.1 Å². The molecule has 0 fully saturated rings. The second kappa shape index (κ2) is 4.33. The molecule has 3 nitrogen and oxygen atoms in total. The van der Waals surface area contributed by atoms with Crippen molar-refractivity contribution in [3.05, 3.63) is 23.3 Å². The number of aryl methyl sites for hydroxylation is 1. The van der Waals surface area contributed by atoms with E-state index in [0.29, 0.717) is 5.75 Å². The maximum absolute atomic E-state index is 9.59. The van der Waals surface area contributed by atoms with Crippen molar-refractivity contribution in [1.29, 1.82) is 0 Å². The molecule has 0 aliphatic carbocycles. The van der Waals surface area contributed by atoms with Crippen LogP contribution < -0.4 is 4.74 Å². The van der Waals surface area contributed by atoms with Gasteiger partial charge >= 0.3 is 0 Å². The summed E-state index contributed by atoms with van der Waals surface area (Å²) in [6.45, 7) is 2.84. The van der Waals surface area contributed by atoms with Gasteiger partial charge in [-0.15, -0.1) is 0 Å². The number of phenols is 1. The molecule has 1 N–H and O–H groups in total. The smallest absolute Gasteiger partial charge is 0.160 e. The second-order valence-corrected chi connectivity index (χ2v) is 3.69. The lowest BCUT2D eigenvalue weighted by Gasteiger charge is -2.14. The highest BCUT2D eigenvalue weighted by Crippen LogP contribution is 2.29. The molecule has 78 valence electrons. The molecular weight excluding hydrogens is 178 g/mol. The van der Waals surface area contributed by atoms with Gasteiger partial charge in [-0.25, -0.2) is 0 Å². The van der Waals surface area contributed by atoms with Crippen molar-refractivity contribution < 1.29 is 9.84 Å². The number of methoxy groups -OCH3 is 1. The third-order valence-electron chi connectivity index (χ3n) is 2.12. The van der Waals surface area contributed by atoms with E-state index in [4.69, 9.17) is 4.74 Å². The molecule has 0 bridgehead atoms. The Morgan fingerprint density at radius 1 is 1.36 bits per heavy atom. The van der Waals surface area contributed by atoms with Gasteiger partial charge in [-0.1, -0.05) is 0 Å². The molecule has 0 unspecified atom stereocenters. The number of aromatic hydroxyl groups is 1. The maximum atomic E-state index is 9.59. The Morgan fingerprint density at radius 3 is 2.50 bits per heavy atom. The van der Waals surface area contributed by atoms with Crippen molar-refractivity contribution in [2.45, 2.75) is 13.5 Å². The highest BCUT2D eigenvalue weighted by molar-refractivity contribution is 5.45. The highest BCUT2D eigenvalue weighted by atomic mass is 16.5. The van der Waals surface area contributed by atoms with Crippen LogP contribution >= 0.6 is 0 Å². The van der Waals surface area contributed by atoms with E-state index in [1.165, 1.54) is 0 Å². The first-order valence-electron chi connectivity index (χ1n) is 4.55. The highest BCUT2D eigenvalue weighted by Gasteiger charge is 2.07. The van der Waals surface area contributed by atoms with Crippen molar-refractivity contribution in [1.82, 2.24) is 4.90 Å². The van der Waals surface area contributed by atoms with Crippen LogP contribution in [0.3, 0.4) is 0 Å². The molecule has 0 aliphatic heterocycles. The number of nitrogens with zero attached hydrogens (tertiary/aromatic N) is 1. The summed E-state index contributed by atoms with van der Waals surface area (Å²) in [4.78, 5) is 2.06. The van der Waals surface area contributed by atoms with Gasteiger partial charge in [-0.3, -0.25) is 0 Å². The number of phenolic OH excluding ortho intramolecular Hbond substituents is 1. The van der Waals surface area contributed by atoms with E-state index in [0.717, 1.165) is 17.7 Å². The summed E-state index contributed by atoms with van der Waals surface area (Å²) in [7, 11) is 5.56. The van der Waals surface area contributed by atoms with Gasteiger partial charge in [0.2, 0.25) is 0 Å². The lowest BCUT2D eigenvalue weighted by Crippen LogP contribution is -2.11. The number of ether oxygens (including phenoxy) is 1. The summed E-state index contributed by atoms with van der Waals surface area (Å²) >= 11 is 0. The Kier molecular flexibility index (Phi) is 3.36. The predicted molar refractivity (Wildman–Crippen MR) is 56.8 cm³/mol. The van der Waals surface area contributed by atoms with E-state index in [-0.39, 0.29) is 5.75 Å². The van der Waals surface area contributed by atoms with Gasteiger partial charge in [-0.05, 0) is 44.3 Å². The van der Waals surface area contributed by atoms with Crippen LogP contribution in [-0.4, -0.2) is 31.2 Å². The van der Waals surface area contributed by atoms with E-state index >= 15 is 0 Å². The van der Waals surface area contributed by atoms with Gasteiger partial charge < -0.3 is 14.7 Å². The number of hydrogen-bond acceptors (Lipinski definition) is 3. The first-order valence-corrected chi connectivity index (χ1v) is 4.55. The average molecular weight is 195 g/mol. The molecule has 1 rings (SSSR count). The maximum Gasteiger partial charge on any atom is 0.160 e. The molecule has 1 aromatic rings. The minimum Gasteiger partial charge on any atom is -0.504 e. The molecular formula is C11H17NO2. The fraction of sp³-hybridized carbons (Fsp3) is 0.455. The predicted octanol–water partition coefficient (Wildman–Crippen LogP) is 1.77. The van der Waals surface area contributed by atoms with Gasteiger partial charge in [-0.2, -0.15) is 0 Å². The topological polar surface area (TPSA) is 32.7 Å². The normalized spacial score (nSPS) is 10.6. The third kappa shape index (κ3) is 2.39. The van der Waals surface area contributed by atoms with Crippen LogP contribution in [0.4, 0.5) is 0 Å². The largest absolute Gasteiger partial charge is 0.504 e. The van der Waals surface area contributed by atoms with Gasteiger partial charge in [0.25, 0.3) is 0 Å². The first kappa shape index (κ1) is 10.9. The van der Waals surface area contributed by atoms with Crippen LogP contribution in [0, 0.1) is 6.92 Å². The van der Waals surface area contributed by atoms with E-state index in [1.807, 2.05) is 27.1 Å². The van der Waals surface area contributed by atoms with Crippen LogP contribution in [0.5, 0.6) is 11.5 Å². The van der Waals surface area contributed by atoms with E-state index in [2.05, 4.69) is 4.90 Å². The third-order valence-corrected chi connectivity index (χ3v) is 2.12. The molecule has 0 aromatic heterocycles. The fourth-order valence-electron chi connectivity index (χ4n) is 1.39. The zero-order chi connectivity index (χ0) is 10.7. The zero-order valence-electron chi connectivity index (χ0n) is 9.16. The Labute approximate surface area is 84.9 Å². The number of rotatable bonds is 3. The van der Waals surface area contributed by atoms with Crippen molar-refractivity contribution in [3.63, 3.8) is 0 Å². The first-order chi connectivity index (χ1) is 6.54. The van der Waals surface area contributed by atoms with Gasteiger partial charge in [0.1, 0.15) is 0 Å². The Morgan fingerprint density at radius 2 is 2.00 bits per heavy atom. The molecule has 14 heavy (non-hydrogen) atoms. The lowest BCUT2D eigenvalue weighted by molar-refractivity contribution is 0.369. The number of benzene rings is 1. The summed E-state index contributed by atoms with van der Waals surface area (Å²) in [5.74, 6) is 0.736. The zero-order valence-corrected chi connectivity index (χ0v) is 9.16. The van der Waals surface area contributed by atoms with Crippen LogP contribution in [-0.2, 0) is 6.54 Å². The van der Waals surface area contributed by atoms with E-state index in [1.54, 1.807) is 13.2 Å². The van der Waals surface area contributed by atoms with Gasteiger partial charge in [0.05, 0.1) is 7.11 Å². The summed E-state index contributed by atoms with van der Waals surface area (Å²) in [5.41, 5.74) is 2.25. The van der Waals surface area contributed by atoms with Crippen molar-refractivity contribution in [2.75, 3.05) is 21.2 Å². The summed E-state index contributed by atoms with van der Waals surface area (Å²) in [6, 6.07) is 3.61. The van der Waals surface area contributed by atoms with Crippen LogP contribution in [0.2, 0.25) is 0 Å². The second-order valence-electron chi connectivity index (χ2n) is 3.69. The molecule has 0 saturated carbocycles. The van der Waals surface area contributed by atoms with Crippen molar-refractivity contribution >= 4 is 0 Å². The van der Waals surface area contributed by atoms with E-state index < -0.39 is 0 Å². The van der Waals surface area contributed by atoms with E-state index in [9.17, 15) is 5.11 Å². The molecule has 0 aliphatic rings. The Hall–Kier alpha value is -1.22. The molecule has 0 amide bonds. The minimum absolute atomic E-state index is 0.204. The molecule has 0 radical (unpaired) electrons. The average Bonchev–Trinajstić information content (AvgIpc) is 2.10. The standard InChI is InChI=1S/C11H17NO2/c1-8-5-11(14-4)10(13)6-9(8)7-12(2)3/h5-6,13H,7H2,1-4H3. The van der Waals surface area contributed by atoms with Gasteiger partial charge in [0, 0.05) is 6.54 Å². The molecule has 0 spiro atoms. The molecule has 0 saturated heterocycles. The monoisotopic (exact) mass is 195 g/mol. The molecule has 3 heteroatoms. The Balaban J connectivity index is 3.02. The summed E-state index contributed by atoms with van der Waals surface area (Å²) in [5, 5.41) is 9.59. The minimum atomic E-state index is 0.204. The van der Waals surface area contributed by atoms with Crippen molar-refractivity contribution in [2.24, 2.45) is 0 Å². The summed E-state index contributed by atoms with van der Waals surface area (Å²) < 4.78 is 5.02. The van der Waals surface area contributed by atoms with Crippen molar-refractivity contribution in [3.8, 4) is 11.5 Å². The Bertz CT molecular complexity index is 321. The van der Waals surface area contributed by atoms with Crippen LogP contribution in [0.25, 0.3) is 0 Å². The van der Waals surface area contributed by atoms with Gasteiger partial charge in [0.15, 0.2) is 11.5 Å². The quantitative estimate of drug-likeness (QED) is 0.797. The van der Waals surface area contributed by atoms with Crippen LogP contribution in [0.15, 0.2) is 12.1 Å². The molecule has 0 atom stereocenters. The molecule has 1 aromatic carbocycles. The number of hydrogen-bond donors (Lipinski definition) is 1. The molecule has 0 heterocycles. The summed E-state index contributed by atoms with van der Waals surface area (Å²) in [6.07, 6.45) is 0. The SMILES string of the molecule is COc1cc(C)c(CN(C)C)cc1O.